The molecule has 0 spiro atoms. The van der Waals surface area contributed by atoms with E-state index in [9.17, 15) is 23.9 Å². The molecule has 3 aliphatic rings. The molecule has 0 aliphatic carbocycles. The minimum atomic E-state index is -1.18. The summed E-state index contributed by atoms with van der Waals surface area (Å²) in [4.78, 5) is 42.1. The van der Waals surface area contributed by atoms with Crippen LogP contribution in [0.15, 0.2) is 0 Å². The minimum absolute atomic E-state index is 0.00754. The summed E-state index contributed by atoms with van der Waals surface area (Å²) >= 11 is 0. The van der Waals surface area contributed by atoms with Gasteiger partial charge in [0.15, 0.2) is 17.7 Å². The van der Waals surface area contributed by atoms with Crippen molar-refractivity contribution in [1.82, 2.24) is 20.9 Å². The van der Waals surface area contributed by atoms with Gasteiger partial charge in [0.2, 0.25) is 0 Å². The lowest BCUT2D eigenvalue weighted by atomic mass is 9.78. The van der Waals surface area contributed by atoms with E-state index >= 15 is 0 Å². The summed E-state index contributed by atoms with van der Waals surface area (Å²) in [5, 5.41) is 20.9. The predicted octanol–water partition coefficient (Wildman–Crippen LogP) is 1.79. The Hall–Kier alpha value is -1.94. The number of nitrogens with zero attached hydrogens (tertiary/aromatic N) is 1. The van der Waals surface area contributed by atoms with E-state index in [0.717, 1.165) is 0 Å². The molecule has 5 unspecified atom stereocenters. The zero-order valence-corrected chi connectivity index (χ0v) is 29.8. The average molecular weight is 675 g/mol. The van der Waals surface area contributed by atoms with Crippen molar-refractivity contribution >= 4 is 17.8 Å². The fourth-order valence-corrected chi connectivity index (χ4v) is 7.48. The Morgan fingerprint density at radius 1 is 1.15 bits per heavy atom. The number of aliphatic hydroxyl groups excluding tert-OH is 1. The molecule has 3 rings (SSSR count). The second kappa shape index (κ2) is 16.6. The van der Waals surface area contributed by atoms with Gasteiger partial charge in [0.25, 0.3) is 0 Å². The first-order chi connectivity index (χ1) is 22.0. The van der Waals surface area contributed by atoms with E-state index < -0.39 is 84.3 Å². The number of cyclic esters (lactones) is 1. The lowest BCUT2D eigenvalue weighted by Gasteiger charge is -2.47. The van der Waals surface area contributed by atoms with Crippen LogP contribution in [0, 0.1) is 17.8 Å². The fourth-order valence-electron chi connectivity index (χ4n) is 7.48. The van der Waals surface area contributed by atoms with Crippen molar-refractivity contribution in [2.45, 2.75) is 128 Å². The first-order valence-electron chi connectivity index (χ1n) is 17.0. The van der Waals surface area contributed by atoms with Crippen molar-refractivity contribution in [1.29, 1.82) is 0 Å². The van der Waals surface area contributed by atoms with Crippen LogP contribution in [-0.2, 0) is 33.3 Å². The monoisotopic (exact) mass is 674 g/mol. The SMILES string of the molecule is CC[C@H]1OC(=O)C(C)C(=O)[C@H](C)[C@@H](OC2OC(CNCCF)CC(N(C)C)C2O)[C@](C)(OC)C[C@@H](C)CN[C@H](C)[C@H]2NC(=O)O[C@@]21C. The lowest BCUT2D eigenvalue weighted by Crippen LogP contribution is -2.60. The molecule has 0 saturated carbocycles. The van der Waals surface area contributed by atoms with Crippen molar-refractivity contribution in [2.75, 3.05) is 47.5 Å². The number of carbonyl (C=O) groups excluding carboxylic acids is 3. The number of alkyl carbamates (subject to hydrolysis) is 1. The van der Waals surface area contributed by atoms with Crippen LogP contribution in [0.3, 0.4) is 0 Å². The lowest BCUT2D eigenvalue weighted by molar-refractivity contribution is -0.297. The van der Waals surface area contributed by atoms with Crippen LogP contribution < -0.4 is 16.0 Å². The molecule has 0 bridgehead atoms. The van der Waals surface area contributed by atoms with E-state index in [1.807, 2.05) is 46.7 Å². The molecule has 4 N–H and O–H groups in total. The molecular weight excluding hydrogens is 615 g/mol. The van der Waals surface area contributed by atoms with E-state index in [1.54, 1.807) is 21.0 Å². The van der Waals surface area contributed by atoms with Crippen LogP contribution >= 0.6 is 0 Å². The normalized spacial score (nSPS) is 42.6. The van der Waals surface area contributed by atoms with E-state index in [1.165, 1.54) is 6.92 Å². The van der Waals surface area contributed by atoms with E-state index in [2.05, 4.69) is 16.0 Å². The number of rotatable bonds is 9. The number of fused-ring (bicyclic) bond motifs is 1. The van der Waals surface area contributed by atoms with Crippen molar-refractivity contribution in [3.63, 3.8) is 0 Å². The number of hydrogen-bond acceptors (Lipinski definition) is 12. The topological polar surface area (TPSA) is 157 Å². The largest absolute Gasteiger partial charge is 0.458 e. The highest BCUT2D eigenvalue weighted by molar-refractivity contribution is 6.00. The average Bonchev–Trinajstić information content (AvgIpc) is 3.34. The van der Waals surface area contributed by atoms with Crippen molar-refractivity contribution in [3.8, 4) is 0 Å². The molecule has 0 radical (unpaired) electrons. The highest BCUT2D eigenvalue weighted by Crippen LogP contribution is 2.37. The number of methoxy groups -OCH3 is 1. The van der Waals surface area contributed by atoms with Gasteiger partial charge in [0.1, 0.15) is 24.8 Å². The first-order valence-corrected chi connectivity index (χ1v) is 17.0. The number of esters is 1. The quantitative estimate of drug-likeness (QED) is 0.160. The molecule has 13 nitrogen and oxygen atoms in total. The van der Waals surface area contributed by atoms with Crippen LogP contribution in [0.5, 0.6) is 0 Å². The Morgan fingerprint density at radius 3 is 2.43 bits per heavy atom. The van der Waals surface area contributed by atoms with Crippen LogP contribution in [0.2, 0.25) is 0 Å². The highest BCUT2D eigenvalue weighted by atomic mass is 19.1. The van der Waals surface area contributed by atoms with E-state index in [-0.39, 0.29) is 24.5 Å². The van der Waals surface area contributed by atoms with Gasteiger partial charge in [-0.3, -0.25) is 9.59 Å². The number of alkyl halides is 1. The van der Waals surface area contributed by atoms with Crippen molar-refractivity contribution in [2.24, 2.45) is 17.8 Å². The Balaban J connectivity index is 2.01. The Labute approximate surface area is 279 Å². The summed E-state index contributed by atoms with van der Waals surface area (Å²) < 4.78 is 43.5. The molecule has 0 aromatic rings. The number of Topliss-reactive ketones (excluding diaryl/α,β-unsaturated/α-hetero) is 1. The molecule has 3 saturated heterocycles. The number of carbonyl (C=O) groups is 3. The summed E-state index contributed by atoms with van der Waals surface area (Å²) in [6.07, 6.45) is -3.66. The molecule has 47 heavy (non-hydrogen) atoms. The Morgan fingerprint density at radius 2 is 1.83 bits per heavy atom. The standard InChI is InChI=1S/C33H59FN4O9/c1-11-24-33(7)27(37-31(42)47-33)21(5)36-16-18(2)15-32(6,43-10)28(19(3)25(39)20(4)29(41)45-24)46-30-26(40)23(38(8)9)14-22(44-30)17-35-13-12-34/h18-24,26-28,30,35-36,40H,11-17H2,1-10H3,(H,37,42)/t18-,19+,20?,21-,22?,23?,24-,26?,27-,28-,30?,32-,33-/m1/s1. The number of ether oxygens (including phenoxy) is 5. The summed E-state index contributed by atoms with van der Waals surface area (Å²) in [6, 6.07) is -1.11. The smallest absolute Gasteiger partial charge is 0.408 e. The number of ketones is 1. The Bertz CT molecular complexity index is 1070. The van der Waals surface area contributed by atoms with Crippen LogP contribution in [-0.4, -0.2) is 135 Å². The summed E-state index contributed by atoms with van der Waals surface area (Å²) in [5.41, 5.74) is -2.24. The molecule has 1 amide bonds. The van der Waals surface area contributed by atoms with Gasteiger partial charge in [-0.15, -0.1) is 0 Å². The highest BCUT2D eigenvalue weighted by Gasteiger charge is 2.55. The number of halogens is 1. The molecule has 3 fully saturated rings. The second-order valence-corrected chi connectivity index (χ2v) is 14.3. The number of amides is 1. The maximum atomic E-state index is 14.1. The van der Waals surface area contributed by atoms with Gasteiger partial charge in [-0.05, 0) is 73.5 Å². The third-order valence-corrected chi connectivity index (χ3v) is 10.4. The number of likely N-dealkylation sites (N-methyl/N-ethyl adjacent to an activating group) is 1. The molecule has 0 aromatic heterocycles. The minimum Gasteiger partial charge on any atom is -0.458 e. The van der Waals surface area contributed by atoms with Gasteiger partial charge >= 0.3 is 12.1 Å². The van der Waals surface area contributed by atoms with Crippen molar-refractivity contribution < 1.29 is 47.6 Å². The molecule has 3 heterocycles. The number of aliphatic hydroxyl groups is 1. The van der Waals surface area contributed by atoms with Gasteiger partial charge < -0.3 is 49.6 Å². The molecular formula is C33H59FN4O9. The molecule has 3 aliphatic heterocycles. The van der Waals surface area contributed by atoms with E-state index in [4.69, 9.17) is 23.7 Å². The van der Waals surface area contributed by atoms with Crippen molar-refractivity contribution in [3.05, 3.63) is 0 Å². The third kappa shape index (κ3) is 9.00. The van der Waals surface area contributed by atoms with Crippen LogP contribution in [0.1, 0.15) is 67.7 Å². The zero-order valence-electron chi connectivity index (χ0n) is 29.8. The Kier molecular flexibility index (Phi) is 14.0. The summed E-state index contributed by atoms with van der Waals surface area (Å²) in [7, 11) is 5.26. The molecule has 0 aromatic carbocycles. The fraction of sp³-hybridized carbons (Fsp3) is 0.909. The maximum absolute atomic E-state index is 14.1. The molecule has 272 valence electrons. The van der Waals surface area contributed by atoms with Crippen LogP contribution in [0.25, 0.3) is 0 Å². The van der Waals surface area contributed by atoms with Gasteiger partial charge in [0.05, 0.1) is 23.9 Å². The predicted molar refractivity (Wildman–Crippen MR) is 172 cm³/mol. The van der Waals surface area contributed by atoms with E-state index in [0.29, 0.717) is 32.4 Å². The van der Waals surface area contributed by atoms with Gasteiger partial charge in [-0.2, -0.15) is 0 Å². The maximum Gasteiger partial charge on any atom is 0.408 e. The zero-order chi connectivity index (χ0) is 35.3. The summed E-state index contributed by atoms with van der Waals surface area (Å²) in [5.74, 6) is -3.24. The number of hydrogen-bond donors (Lipinski definition) is 4. The summed E-state index contributed by atoms with van der Waals surface area (Å²) in [6.45, 7) is 13.1. The van der Waals surface area contributed by atoms with Gasteiger partial charge in [0, 0.05) is 38.2 Å². The second-order valence-electron chi connectivity index (χ2n) is 14.3. The number of nitrogens with one attached hydrogen (secondary N) is 3. The molecule has 14 heteroatoms. The van der Waals surface area contributed by atoms with Gasteiger partial charge in [-0.25, -0.2) is 9.18 Å². The first kappa shape index (κ1) is 39.5. The van der Waals surface area contributed by atoms with Crippen LogP contribution in [0.4, 0.5) is 9.18 Å². The third-order valence-electron chi connectivity index (χ3n) is 10.4. The van der Waals surface area contributed by atoms with Gasteiger partial charge in [-0.1, -0.05) is 20.8 Å². The molecule has 13 atom stereocenters.